The molecule has 12 nitrogen and oxygen atoms in total. The molecule has 160 valence electrons. The summed E-state index contributed by atoms with van der Waals surface area (Å²) in [7, 11) is 0. The second-order valence-electron chi connectivity index (χ2n) is 6.10. The standard InChI is InChI=1S/C16H27N3O9/c1-2-3-4-11(20)19-12(21)7-5-9(14(24)25)17-16(28)18-10(15(26)27)6-8-13(22)23/h9-11,20H,2-8H2,1H3,(H,19,21)(H,22,23)(H,24,25)(H,26,27)(H2,17,18,28). The van der Waals surface area contributed by atoms with Gasteiger partial charge in [0.1, 0.15) is 18.3 Å². The topological polar surface area (TPSA) is 202 Å². The first-order chi connectivity index (χ1) is 13.1. The number of carbonyl (C=O) groups is 5. The van der Waals surface area contributed by atoms with Crippen molar-refractivity contribution in [2.24, 2.45) is 0 Å². The molecule has 3 amide bonds. The van der Waals surface area contributed by atoms with E-state index in [0.29, 0.717) is 12.8 Å². The highest BCUT2D eigenvalue weighted by Crippen LogP contribution is 2.03. The molecule has 0 saturated carbocycles. The molecule has 0 rings (SSSR count). The summed E-state index contributed by atoms with van der Waals surface area (Å²) in [5, 5.41) is 42.6. The van der Waals surface area contributed by atoms with Gasteiger partial charge in [-0.3, -0.25) is 9.59 Å². The second kappa shape index (κ2) is 13.3. The van der Waals surface area contributed by atoms with Gasteiger partial charge in [-0.1, -0.05) is 13.3 Å². The summed E-state index contributed by atoms with van der Waals surface area (Å²) >= 11 is 0. The van der Waals surface area contributed by atoms with Crippen LogP contribution in [-0.2, 0) is 19.2 Å². The van der Waals surface area contributed by atoms with Crippen molar-refractivity contribution in [3.8, 4) is 0 Å². The number of urea groups is 1. The van der Waals surface area contributed by atoms with Crippen LogP contribution < -0.4 is 16.0 Å². The number of hydrogen-bond acceptors (Lipinski definition) is 6. The normalized spacial score (nSPS) is 13.6. The van der Waals surface area contributed by atoms with E-state index in [-0.39, 0.29) is 19.3 Å². The summed E-state index contributed by atoms with van der Waals surface area (Å²) in [6.07, 6.45) is -0.613. The number of aliphatic carboxylic acids is 3. The SMILES string of the molecule is CCCCC(O)NC(=O)CCC(NC(=O)NC(CCC(=O)O)C(=O)O)C(=O)O. The van der Waals surface area contributed by atoms with Gasteiger partial charge in [0.25, 0.3) is 0 Å². The van der Waals surface area contributed by atoms with E-state index < -0.39 is 54.6 Å². The fourth-order valence-electron chi connectivity index (χ4n) is 2.14. The van der Waals surface area contributed by atoms with Gasteiger partial charge in [-0.25, -0.2) is 14.4 Å². The zero-order valence-corrected chi connectivity index (χ0v) is 15.5. The average Bonchev–Trinajstić information content (AvgIpc) is 2.59. The van der Waals surface area contributed by atoms with Crippen LogP contribution in [0.5, 0.6) is 0 Å². The fraction of sp³-hybridized carbons (Fsp3) is 0.688. The monoisotopic (exact) mass is 405 g/mol. The molecule has 0 fully saturated rings. The fourth-order valence-corrected chi connectivity index (χ4v) is 2.14. The lowest BCUT2D eigenvalue weighted by atomic mass is 10.1. The maximum Gasteiger partial charge on any atom is 0.326 e. The van der Waals surface area contributed by atoms with Gasteiger partial charge >= 0.3 is 23.9 Å². The number of carboxylic acid groups (broad SMARTS) is 3. The van der Waals surface area contributed by atoms with E-state index in [1.165, 1.54) is 0 Å². The number of amides is 3. The van der Waals surface area contributed by atoms with Gasteiger partial charge in [-0.15, -0.1) is 0 Å². The maximum atomic E-state index is 11.8. The van der Waals surface area contributed by atoms with Crippen LogP contribution in [0.3, 0.4) is 0 Å². The van der Waals surface area contributed by atoms with Crippen molar-refractivity contribution >= 4 is 29.8 Å². The molecule has 28 heavy (non-hydrogen) atoms. The lowest BCUT2D eigenvalue weighted by Gasteiger charge is -2.18. The highest BCUT2D eigenvalue weighted by atomic mass is 16.4. The first kappa shape index (κ1) is 25.1. The van der Waals surface area contributed by atoms with Crippen LogP contribution >= 0.6 is 0 Å². The van der Waals surface area contributed by atoms with Crippen LogP contribution in [0.4, 0.5) is 4.79 Å². The molecular weight excluding hydrogens is 378 g/mol. The molecule has 0 aromatic rings. The largest absolute Gasteiger partial charge is 0.481 e. The number of carbonyl (C=O) groups excluding carboxylic acids is 2. The van der Waals surface area contributed by atoms with Gasteiger partial charge in [0.05, 0.1) is 0 Å². The minimum Gasteiger partial charge on any atom is -0.481 e. The van der Waals surface area contributed by atoms with Gasteiger partial charge in [0.2, 0.25) is 5.91 Å². The number of rotatable bonds is 14. The van der Waals surface area contributed by atoms with Crippen molar-refractivity contribution in [1.29, 1.82) is 0 Å². The van der Waals surface area contributed by atoms with Crippen molar-refractivity contribution in [1.82, 2.24) is 16.0 Å². The van der Waals surface area contributed by atoms with Crippen molar-refractivity contribution in [2.75, 3.05) is 0 Å². The predicted molar refractivity (Wildman–Crippen MR) is 94.3 cm³/mol. The van der Waals surface area contributed by atoms with E-state index in [2.05, 4.69) is 5.32 Å². The van der Waals surface area contributed by atoms with Crippen LogP contribution in [0.2, 0.25) is 0 Å². The van der Waals surface area contributed by atoms with Gasteiger partial charge in [0, 0.05) is 12.8 Å². The lowest BCUT2D eigenvalue weighted by Crippen LogP contribution is -2.51. The molecule has 0 aliphatic heterocycles. The molecule has 0 saturated heterocycles. The van der Waals surface area contributed by atoms with Crippen molar-refractivity contribution in [3.05, 3.63) is 0 Å². The Morgan fingerprint density at radius 1 is 0.786 bits per heavy atom. The van der Waals surface area contributed by atoms with Crippen molar-refractivity contribution in [3.63, 3.8) is 0 Å². The summed E-state index contributed by atoms with van der Waals surface area (Å²) in [4.78, 5) is 56.3. The number of unbranched alkanes of at least 4 members (excludes halogenated alkanes) is 1. The number of hydrogen-bond donors (Lipinski definition) is 7. The average molecular weight is 405 g/mol. The number of aliphatic hydroxyl groups is 1. The Labute approximate surface area is 161 Å². The molecule has 0 radical (unpaired) electrons. The summed E-state index contributed by atoms with van der Waals surface area (Å²) < 4.78 is 0. The molecule has 0 aromatic heterocycles. The van der Waals surface area contributed by atoms with Crippen LogP contribution in [-0.4, -0.2) is 68.6 Å². The number of nitrogens with one attached hydrogen (secondary N) is 3. The van der Waals surface area contributed by atoms with Crippen molar-refractivity contribution in [2.45, 2.75) is 70.2 Å². The summed E-state index contributed by atoms with van der Waals surface area (Å²) in [6, 6.07) is -4.11. The number of aliphatic hydroxyl groups excluding tert-OH is 1. The van der Waals surface area contributed by atoms with E-state index in [9.17, 15) is 29.1 Å². The minimum absolute atomic E-state index is 0.290. The van der Waals surface area contributed by atoms with Gasteiger partial charge in [-0.2, -0.15) is 0 Å². The molecule has 12 heteroatoms. The molecule has 0 spiro atoms. The Kier molecular flexibility index (Phi) is 11.9. The molecule has 0 aliphatic rings. The smallest absolute Gasteiger partial charge is 0.326 e. The molecular formula is C16H27N3O9. The summed E-state index contributed by atoms with van der Waals surface area (Å²) in [5.74, 6) is -4.75. The predicted octanol–water partition coefficient (Wildman–Crippen LogP) is -0.538. The van der Waals surface area contributed by atoms with Crippen LogP contribution in [0, 0.1) is 0 Å². The van der Waals surface area contributed by atoms with E-state index >= 15 is 0 Å². The first-order valence-electron chi connectivity index (χ1n) is 8.78. The summed E-state index contributed by atoms with van der Waals surface area (Å²) in [5.41, 5.74) is 0. The molecule has 7 N–H and O–H groups in total. The third kappa shape index (κ3) is 11.7. The zero-order chi connectivity index (χ0) is 21.7. The zero-order valence-electron chi connectivity index (χ0n) is 15.5. The highest BCUT2D eigenvalue weighted by Gasteiger charge is 2.25. The van der Waals surface area contributed by atoms with Gasteiger partial charge < -0.3 is 36.4 Å². The lowest BCUT2D eigenvalue weighted by molar-refractivity contribution is -0.141. The summed E-state index contributed by atoms with van der Waals surface area (Å²) in [6.45, 7) is 1.92. The van der Waals surface area contributed by atoms with E-state index in [1.807, 2.05) is 17.6 Å². The Hall–Kier alpha value is -2.89. The Morgan fingerprint density at radius 3 is 1.71 bits per heavy atom. The maximum absolute atomic E-state index is 11.8. The number of carboxylic acids is 3. The third-order valence-corrected chi connectivity index (χ3v) is 3.67. The minimum atomic E-state index is -1.51. The highest BCUT2D eigenvalue weighted by molar-refractivity contribution is 5.86. The quantitative estimate of drug-likeness (QED) is 0.185. The third-order valence-electron chi connectivity index (χ3n) is 3.67. The van der Waals surface area contributed by atoms with Gasteiger partial charge in [0.15, 0.2) is 0 Å². The van der Waals surface area contributed by atoms with Crippen LogP contribution in [0.15, 0.2) is 0 Å². The molecule has 0 bridgehead atoms. The molecule has 3 unspecified atom stereocenters. The Morgan fingerprint density at radius 2 is 1.29 bits per heavy atom. The van der Waals surface area contributed by atoms with Crippen LogP contribution in [0.25, 0.3) is 0 Å². The van der Waals surface area contributed by atoms with E-state index in [1.54, 1.807) is 0 Å². The van der Waals surface area contributed by atoms with E-state index in [4.69, 9.17) is 15.3 Å². The molecule has 3 atom stereocenters. The Balaban J connectivity index is 4.57. The molecule has 0 heterocycles. The first-order valence-corrected chi connectivity index (χ1v) is 8.78. The van der Waals surface area contributed by atoms with E-state index in [0.717, 1.165) is 6.42 Å². The van der Waals surface area contributed by atoms with Crippen LogP contribution in [0.1, 0.15) is 51.9 Å². The van der Waals surface area contributed by atoms with Crippen molar-refractivity contribution < 1.29 is 44.4 Å². The molecule has 0 aromatic carbocycles. The van der Waals surface area contributed by atoms with Gasteiger partial charge in [-0.05, 0) is 25.7 Å². The second-order valence-corrected chi connectivity index (χ2v) is 6.10. The Bertz CT molecular complexity index is 568. The molecule has 0 aliphatic carbocycles.